The average Bonchev–Trinajstić information content (AvgIpc) is 3.19. The zero-order valence-corrected chi connectivity index (χ0v) is 17.1. The number of ether oxygens (including phenoxy) is 2. The van der Waals surface area contributed by atoms with E-state index in [9.17, 15) is 14.9 Å². The lowest BCUT2D eigenvalue weighted by Gasteiger charge is -2.17. The highest BCUT2D eigenvalue weighted by Crippen LogP contribution is 2.23. The van der Waals surface area contributed by atoms with Gasteiger partial charge >= 0.3 is 5.97 Å². The van der Waals surface area contributed by atoms with Crippen LogP contribution in [0.4, 0.5) is 5.82 Å². The summed E-state index contributed by atoms with van der Waals surface area (Å²) in [7, 11) is 1.63. The predicted octanol–water partition coefficient (Wildman–Crippen LogP) is 2.70. The summed E-state index contributed by atoms with van der Waals surface area (Å²) in [6.45, 7) is 7.53. The fraction of sp³-hybridized carbons (Fsp3) is 0.400. The number of anilines is 1. The number of amides is 1. The van der Waals surface area contributed by atoms with Crippen LogP contribution in [0.1, 0.15) is 35.7 Å². The number of methoxy groups -OCH3 is 1. The van der Waals surface area contributed by atoms with E-state index in [0.717, 1.165) is 17.0 Å². The standard InChI is InChI=1S/C20H24N4O5/c1-12-6-16(15(4)24(12)13(2)10-27-5)8-17(9-21)20(26)28-11-19(25)22-18-7-14(3)29-23-18/h6-8,13H,10-11H2,1-5H3,(H,22,23,25)/b17-8+/t13-/m0/s1. The first-order valence-electron chi connectivity index (χ1n) is 8.96. The predicted molar refractivity (Wildman–Crippen MR) is 105 cm³/mol. The molecule has 0 aliphatic heterocycles. The number of carbonyl (C=O) groups excluding carboxylic acids is 2. The van der Waals surface area contributed by atoms with Gasteiger partial charge in [0.2, 0.25) is 0 Å². The van der Waals surface area contributed by atoms with Gasteiger partial charge in [0.15, 0.2) is 12.4 Å². The Labute approximate surface area is 168 Å². The van der Waals surface area contributed by atoms with Crippen LogP contribution in [0.3, 0.4) is 0 Å². The molecule has 2 aromatic heterocycles. The van der Waals surface area contributed by atoms with Crippen molar-refractivity contribution in [2.75, 3.05) is 25.6 Å². The zero-order chi connectivity index (χ0) is 21.6. The summed E-state index contributed by atoms with van der Waals surface area (Å²) in [5.74, 6) is -0.717. The zero-order valence-electron chi connectivity index (χ0n) is 17.1. The number of hydrogen-bond acceptors (Lipinski definition) is 7. The quantitative estimate of drug-likeness (QED) is 0.411. The molecule has 29 heavy (non-hydrogen) atoms. The van der Waals surface area contributed by atoms with Crippen molar-refractivity contribution in [3.8, 4) is 6.07 Å². The topological polar surface area (TPSA) is 119 Å². The molecule has 0 unspecified atom stereocenters. The highest BCUT2D eigenvalue weighted by atomic mass is 16.5. The molecule has 1 N–H and O–H groups in total. The number of hydrogen-bond donors (Lipinski definition) is 1. The van der Waals surface area contributed by atoms with Crippen LogP contribution < -0.4 is 5.32 Å². The third-order valence-electron chi connectivity index (χ3n) is 4.24. The lowest BCUT2D eigenvalue weighted by atomic mass is 10.1. The second kappa shape index (κ2) is 9.71. The molecule has 9 heteroatoms. The van der Waals surface area contributed by atoms with Gasteiger partial charge in [-0.3, -0.25) is 4.79 Å². The van der Waals surface area contributed by atoms with Gasteiger partial charge in [0.05, 0.1) is 12.6 Å². The number of esters is 1. The molecule has 0 saturated carbocycles. The van der Waals surface area contributed by atoms with E-state index < -0.39 is 18.5 Å². The van der Waals surface area contributed by atoms with Crippen LogP contribution in [0.15, 0.2) is 22.2 Å². The number of nitrogens with zero attached hydrogens (tertiary/aromatic N) is 3. The van der Waals surface area contributed by atoms with Crippen molar-refractivity contribution in [3.63, 3.8) is 0 Å². The van der Waals surface area contributed by atoms with Gasteiger partial charge in [0, 0.05) is 24.6 Å². The van der Waals surface area contributed by atoms with Crippen molar-refractivity contribution in [1.29, 1.82) is 5.26 Å². The van der Waals surface area contributed by atoms with Gasteiger partial charge in [-0.05, 0) is 45.4 Å². The van der Waals surface area contributed by atoms with Crippen LogP contribution in [0, 0.1) is 32.1 Å². The van der Waals surface area contributed by atoms with Crippen molar-refractivity contribution in [2.24, 2.45) is 0 Å². The Balaban J connectivity index is 2.07. The summed E-state index contributed by atoms with van der Waals surface area (Å²) in [5, 5.41) is 15.4. The van der Waals surface area contributed by atoms with Crippen LogP contribution in [0.2, 0.25) is 0 Å². The van der Waals surface area contributed by atoms with Gasteiger partial charge in [0.1, 0.15) is 17.4 Å². The minimum atomic E-state index is -0.881. The van der Waals surface area contributed by atoms with E-state index in [0.29, 0.717) is 12.4 Å². The first kappa shape index (κ1) is 21.9. The fourth-order valence-electron chi connectivity index (χ4n) is 3.05. The van der Waals surface area contributed by atoms with Crippen LogP contribution in [0.5, 0.6) is 0 Å². The van der Waals surface area contributed by atoms with Crippen LogP contribution >= 0.6 is 0 Å². The van der Waals surface area contributed by atoms with Gasteiger partial charge in [0.25, 0.3) is 5.91 Å². The molecular formula is C20H24N4O5. The van der Waals surface area contributed by atoms with E-state index >= 15 is 0 Å². The van der Waals surface area contributed by atoms with E-state index in [1.165, 1.54) is 12.1 Å². The summed E-state index contributed by atoms with van der Waals surface area (Å²) in [6, 6.07) is 5.34. The third-order valence-corrected chi connectivity index (χ3v) is 4.24. The molecule has 1 amide bonds. The summed E-state index contributed by atoms with van der Waals surface area (Å²) in [4.78, 5) is 24.1. The molecule has 2 heterocycles. The van der Waals surface area contributed by atoms with Gasteiger partial charge in [-0.25, -0.2) is 4.79 Å². The summed E-state index contributed by atoms with van der Waals surface area (Å²) in [5.41, 5.74) is 2.40. The molecule has 0 bridgehead atoms. The molecule has 9 nitrogen and oxygen atoms in total. The highest BCUT2D eigenvalue weighted by molar-refractivity contribution is 6.00. The maximum Gasteiger partial charge on any atom is 0.349 e. The first-order chi connectivity index (χ1) is 13.8. The number of carbonyl (C=O) groups is 2. The fourth-order valence-corrected chi connectivity index (χ4v) is 3.05. The Hall–Kier alpha value is -3.38. The lowest BCUT2D eigenvalue weighted by molar-refractivity contribution is -0.142. The molecule has 0 spiro atoms. The van der Waals surface area contributed by atoms with Crippen molar-refractivity contribution in [2.45, 2.75) is 33.7 Å². The van der Waals surface area contributed by atoms with Crippen molar-refractivity contribution < 1.29 is 23.6 Å². The van der Waals surface area contributed by atoms with Gasteiger partial charge in [-0.15, -0.1) is 0 Å². The van der Waals surface area contributed by atoms with Gasteiger partial charge in [-0.2, -0.15) is 5.26 Å². The summed E-state index contributed by atoms with van der Waals surface area (Å²) >= 11 is 0. The molecule has 0 aromatic carbocycles. The lowest BCUT2D eigenvalue weighted by Crippen LogP contribution is -2.21. The second-order valence-electron chi connectivity index (χ2n) is 6.62. The largest absolute Gasteiger partial charge is 0.451 e. The molecule has 0 aliphatic carbocycles. The first-order valence-corrected chi connectivity index (χ1v) is 8.96. The van der Waals surface area contributed by atoms with Crippen molar-refractivity contribution >= 4 is 23.8 Å². The Morgan fingerprint density at radius 1 is 1.38 bits per heavy atom. The molecule has 0 radical (unpaired) electrons. The van der Waals surface area contributed by atoms with E-state index in [1.807, 2.05) is 32.9 Å². The molecule has 154 valence electrons. The maximum absolute atomic E-state index is 12.2. The van der Waals surface area contributed by atoms with Crippen molar-refractivity contribution in [1.82, 2.24) is 9.72 Å². The molecular weight excluding hydrogens is 376 g/mol. The van der Waals surface area contributed by atoms with E-state index in [1.54, 1.807) is 14.0 Å². The minimum absolute atomic E-state index is 0.100. The van der Waals surface area contributed by atoms with Crippen LogP contribution in [-0.2, 0) is 19.1 Å². The molecule has 2 rings (SSSR count). The number of aryl methyl sites for hydroxylation is 2. The summed E-state index contributed by atoms with van der Waals surface area (Å²) in [6.07, 6.45) is 1.46. The van der Waals surface area contributed by atoms with Crippen LogP contribution in [-0.4, -0.2) is 41.9 Å². The molecule has 0 saturated heterocycles. The number of rotatable bonds is 8. The third kappa shape index (κ3) is 5.56. The SMILES string of the molecule is COC[C@H](C)n1c(C)cc(/C=C(\C#N)C(=O)OCC(=O)Nc2cc(C)on2)c1C. The van der Waals surface area contributed by atoms with Gasteiger partial charge in [-0.1, -0.05) is 5.16 Å². The molecule has 0 fully saturated rings. The highest BCUT2D eigenvalue weighted by Gasteiger charge is 2.17. The van der Waals surface area contributed by atoms with E-state index in [2.05, 4.69) is 15.0 Å². The number of nitrogens with one attached hydrogen (secondary N) is 1. The Bertz CT molecular complexity index is 964. The monoisotopic (exact) mass is 400 g/mol. The molecule has 0 aliphatic rings. The molecule has 2 aromatic rings. The van der Waals surface area contributed by atoms with Crippen molar-refractivity contribution in [3.05, 3.63) is 40.4 Å². The van der Waals surface area contributed by atoms with E-state index in [4.69, 9.17) is 14.0 Å². The number of nitriles is 1. The number of aromatic nitrogens is 2. The Morgan fingerprint density at radius 2 is 2.10 bits per heavy atom. The smallest absolute Gasteiger partial charge is 0.349 e. The summed E-state index contributed by atoms with van der Waals surface area (Å²) < 4.78 is 17.1. The minimum Gasteiger partial charge on any atom is -0.451 e. The van der Waals surface area contributed by atoms with E-state index in [-0.39, 0.29) is 17.4 Å². The van der Waals surface area contributed by atoms with Crippen LogP contribution in [0.25, 0.3) is 6.08 Å². The average molecular weight is 400 g/mol. The van der Waals surface area contributed by atoms with Gasteiger partial charge < -0.3 is 23.9 Å². The maximum atomic E-state index is 12.2. The second-order valence-corrected chi connectivity index (χ2v) is 6.62. The Kier molecular flexibility index (Phi) is 7.33. The molecule has 1 atom stereocenters. The normalized spacial score (nSPS) is 12.3. The Morgan fingerprint density at radius 3 is 2.69 bits per heavy atom.